The van der Waals surface area contributed by atoms with Crippen molar-refractivity contribution in [2.24, 2.45) is 5.92 Å². The molecule has 0 bridgehead atoms. The summed E-state index contributed by atoms with van der Waals surface area (Å²) < 4.78 is 5.02. The van der Waals surface area contributed by atoms with Crippen LogP contribution in [0.2, 0.25) is 0 Å². The van der Waals surface area contributed by atoms with E-state index < -0.39 is 18.0 Å². The van der Waals surface area contributed by atoms with Crippen LogP contribution < -0.4 is 0 Å². The van der Waals surface area contributed by atoms with Gasteiger partial charge in [0.25, 0.3) is 0 Å². The van der Waals surface area contributed by atoms with E-state index in [0.29, 0.717) is 26.1 Å². The first-order valence-electron chi connectivity index (χ1n) is 3.70. The van der Waals surface area contributed by atoms with E-state index in [1.807, 2.05) is 0 Å². The van der Waals surface area contributed by atoms with Crippen molar-refractivity contribution < 1.29 is 19.7 Å². The Kier molecular flexibility index (Phi) is 2.84. The lowest BCUT2D eigenvalue weighted by molar-refractivity contribution is -0.145. The Hall–Kier alpha value is -0.610. The van der Waals surface area contributed by atoms with Gasteiger partial charge in [-0.05, 0) is 12.8 Å². The van der Waals surface area contributed by atoms with Crippen molar-refractivity contribution in [3.63, 3.8) is 0 Å². The zero-order valence-corrected chi connectivity index (χ0v) is 6.19. The van der Waals surface area contributed by atoms with Crippen LogP contribution in [0.25, 0.3) is 0 Å². The van der Waals surface area contributed by atoms with Gasteiger partial charge in [0, 0.05) is 13.2 Å². The SMILES string of the molecule is O=C(O)[C@H]1CCOCC[C@H]1O. The number of carboxylic acids is 1. The number of aliphatic carboxylic acids is 1. The Morgan fingerprint density at radius 2 is 2.00 bits per heavy atom. The molecular formula is C7H12O4. The molecule has 0 aromatic carbocycles. The smallest absolute Gasteiger partial charge is 0.309 e. The second-order valence-corrected chi connectivity index (χ2v) is 2.70. The molecule has 0 aromatic heterocycles. The molecule has 64 valence electrons. The number of ether oxygens (including phenoxy) is 1. The summed E-state index contributed by atoms with van der Waals surface area (Å²) in [6.45, 7) is 0.902. The van der Waals surface area contributed by atoms with E-state index >= 15 is 0 Å². The summed E-state index contributed by atoms with van der Waals surface area (Å²) in [4.78, 5) is 10.5. The van der Waals surface area contributed by atoms with E-state index in [1.165, 1.54) is 0 Å². The molecule has 1 fully saturated rings. The minimum absolute atomic E-state index is 0.413. The van der Waals surface area contributed by atoms with Gasteiger partial charge in [0.2, 0.25) is 0 Å². The van der Waals surface area contributed by atoms with Crippen molar-refractivity contribution in [1.82, 2.24) is 0 Å². The van der Waals surface area contributed by atoms with Gasteiger partial charge >= 0.3 is 5.97 Å². The van der Waals surface area contributed by atoms with Gasteiger partial charge in [0.1, 0.15) is 0 Å². The lowest BCUT2D eigenvalue weighted by atomic mass is 9.98. The molecule has 4 heteroatoms. The molecule has 0 amide bonds. The van der Waals surface area contributed by atoms with Crippen LogP contribution in [0, 0.1) is 5.92 Å². The topological polar surface area (TPSA) is 66.8 Å². The third-order valence-electron chi connectivity index (χ3n) is 1.91. The predicted molar refractivity (Wildman–Crippen MR) is 37.2 cm³/mol. The fourth-order valence-corrected chi connectivity index (χ4v) is 1.20. The molecule has 1 saturated heterocycles. The van der Waals surface area contributed by atoms with Gasteiger partial charge in [-0.15, -0.1) is 0 Å². The summed E-state index contributed by atoms with van der Waals surface area (Å²) >= 11 is 0. The van der Waals surface area contributed by atoms with Crippen LogP contribution in [-0.2, 0) is 9.53 Å². The molecule has 0 unspecified atom stereocenters. The van der Waals surface area contributed by atoms with Gasteiger partial charge < -0.3 is 14.9 Å². The second kappa shape index (κ2) is 3.69. The molecule has 1 aliphatic heterocycles. The normalized spacial score (nSPS) is 32.8. The van der Waals surface area contributed by atoms with Crippen LogP contribution in [0.15, 0.2) is 0 Å². The van der Waals surface area contributed by atoms with Crippen molar-refractivity contribution >= 4 is 5.97 Å². The lowest BCUT2D eigenvalue weighted by Crippen LogP contribution is -2.27. The summed E-state index contributed by atoms with van der Waals surface area (Å²) in [6.07, 6.45) is 0.1000. The van der Waals surface area contributed by atoms with Crippen molar-refractivity contribution in [1.29, 1.82) is 0 Å². The van der Waals surface area contributed by atoms with E-state index in [2.05, 4.69) is 0 Å². The molecule has 2 N–H and O–H groups in total. The van der Waals surface area contributed by atoms with E-state index in [1.54, 1.807) is 0 Å². The Balaban J connectivity index is 2.52. The van der Waals surface area contributed by atoms with Gasteiger partial charge in [-0.1, -0.05) is 0 Å². The van der Waals surface area contributed by atoms with Crippen LogP contribution in [0.4, 0.5) is 0 Å². The van der Waals surface area contributed by atoms with E-state index in [-0.39, 0.29) is 0 Å². The fourth-order valence-electron chi connectivity index (χ4n) is 1.20. The van der Waals surface area contributed by atoms with Crippen LogP contribution >= 0.6 is 0 Å². The number of hydrogen-bond donors (Lipinski definition) is 2. The number of aliphatic hydroxyl groups excluding tert-OH is 1. The Labute approximate surface area is 64.8 Å². The molecule has 2 atom stereocenters. The molecular weight excluding hydrogens is 148 g/mol. The summed E-state index contributed by atoms with van der Waals surface area (Å²) in [5.41, 5.74) is 0. The van der Waals surface area contributed by atoms with Crippen LogP contribution in [0.3, 0.4) is 0 Å². The highest BCUT2D eigenvalue weighted by Gasteiger charge is 2.27. The number of aliphatic hydroxyl groups is 1. The van der Waals surface area contributed by atoms with Crippen LogP contribution in [0.1, 0.15) is 12.8 Å². The lowest BCUT2D eigenvalue weighted by Gasteiger charge is -2.13. The maximum Gasteiger partial charge on any atom is 0.309 e. The van der Waals surface area contributed by atoms with Gasteiger partial charge in [-0.25, -0.2) is 0 Å². The quantitative estimate of drug-likeness (QED) is 0.560. The summed E-state index contributed by atoms with van der Waals surface area (Å²) in [5, 5.41) is 17.9. The van der Waals surface area contributed by atoms with Crippen LogP contribution in [0.5, 0.6) is 0 Å². The number of carbonyl (C=O) groups is 1. The van der Waals surface area contributed by atoms with Gasteiger partial charge in [0.05, 0.1) is 12.0 Å². The minimum atomic E-state index is -0.928. The van der Waals surface area contributed by atoms with Crippen molar-refractivity contribution in [3.05, 3.63) is 0 Å². The molecule has 0 radical (unpaired) electrons. The fraction of sp³-hybridized carbons (Fsp3) is 0.857. The largest absolute Gasteiger partial charge is 0.481 e. The Bertz CT molecular complexity index is 145. The molecule has 0 saturated carbocycles. The van der Waals surface area contributed by atoms with Gasteiger partial charge in [-0.3, -0.25) is 4.79 Å². The monoisotopic (exact) mass is 160 g/mol. The summed E-state index contributed by atoms with van der Waals surface area (Å²) in [5.74, 6) is -1.57. The standard InChI is InChI=1S/C7H12O4/c8-6-2-4-11-3-1-5(6)7(9)10/h5-6,8H,1-4H2,(H,9,10)/t5-,6+/m0/s1. The predicted octanol–water partition coefficient (Wildman–Crippen LogP) is -0.141. The highest BCUT2D eigenvalue weighted by molar-refractivity contribution is 5.70. The molecule has 1 heterocycles. The first-order chi connectivity index (χ1) is 5.22. The molecule has 11 heavy (non-hydrogen) atoms. The minimum Gasteiger partial charge on any atom is -0.481 e. The average molecular weight is 160 g/mol. The average Bonchev–Trinajstić information content (AvgIpc) is 2.13. The number of carboxylic acid groups (broad SMARTS) is 1. The Morgan fingerprint density at radius 1 is 1.36 bits per heavy atom. The molecule has 0 spiro atoms. The van der Waals surface area contributed by atoms with Crippen molar-refractivity contribution in [2.75, 3.05) is 13.2 Å². The highest BCUT2D eigenvalue weighted by Crippen LogP contribution is 2.16. The summed E-state index contributed by atoms with van der Waals surface area (Å²) in [6, 6.07) is 0. The molecule has 0 aromatic rings. The van der Waals surface area contributed by atoms with Crippen molar-refractivity contribution in [3.8, 4) is 0 Å². The number of rotatable bonds is 1. The van der Waals surface area contributed by atoms with E-state index in [4.69, 9.17) is 9.84 Å². The third kappa shape index (κ3) is 2.17. The maximum absolute atomic E-state index is 10.5. The second-order valence-electron chi connectivity index (χ2n) is 2.70. The molecule has 1 aliphatic rings. The number of hydrogen-bond acceptors (Lipinski definition) is 3. The van der Waals surface area contributed by atoms with Crippen LogP contribution in [-0.4, -0.2) is 35.5 Å². The summed E-state index contributed by atoms with van der Waals surface area (Å²) in [7, 11) is 0. The first kappa shape index (κ1) is 8.49. The van der Waals surface area contributed by atoms with Gasteiger partial charge in [-0.2, -0.15) is 0 Å². The van der Waals surface area contributed by atoms with Crippen molar-refractivity contribution in [2.45, 2.75) is 18.9 Å². The maximum atomic E-state index is 10.5. The molecule has 4 nitrogen and oxygen atoms in total. The van der Waals surface area contributed by atoms with Gasteiger partial charge in [0.15, 0.2) is 0 Å². The van der Waals surface area contributed by atoms with E-state index in [9.17, 15) is 9.90 Å². The molecule has 1 rings (SSSR count). The van der Waals surface area contributed by atoms with E-state index in [0.717, 1.165) is 0 Å². The third-order valence-corrected chi connectivity index (χ3v) is 1.91. The first-order valence-corrected chi connectivity index (χ1v) is 3.70. The zero-order valence-electron chi connectivity index (χ0n) is 6.19. The Morgan fingerprint density at radius 3 is 2.64 bits per heavy atom. The molecule has 0 aliphatic carbocycles. The highest BCUT2D eigenvalue weighted by atomic mass is 16.5. The zero-order chi connectivity index (χ0) is 8.27.